The number of halogens is 1. The van der Waals surface area contributed by atoms with Crippen molar-refractivity contribution in [2.24, 2.45) is 0 Å². The summed E-state index contributed by atoms with van der Waals surface area (Å²) in [7, 11) is 0. The molecule has 0 aliphatic carbocycles. The van der Waals surface area contributed by atoms with E-state index in [1.54, 1.807) is 36.4 Å². The predicted molar refractivity (Wildman–Crippen MR) is 110 cm³/mol. The minimum atomic E-state index is -0.527. The molecular formula is C21H15ClN2O5. The Morgan fingerprint density at radius 3 is 2.45 bits per heavy atom. The van der Waals surface area contributed by atoms with E-state index in [2.05, 4.69) is 5.32 Å². The summed E-state index contributed by atoms with van der Waals surface area (Å²) in [6, 6.07) is 13.9. The van der Waals surface area contributed by atoms with Crippen molar-refractivity contribution in [2.45, 2.75) is 6.92 Å². The highest BCUT2D eigenvalue weighted by Gasteiger charge is 2.13. The molecule has 0 aliphatic rings. The summed E-state index contributed by atoms with van der Waals surface area (Å²) in [6.07, 6.45) is 2.89. The van der Waals surface area contributed by atoms with Gasteiger partial charge in [-0.1, -0.05) is 11.6 Å². The molecule has 146 valence electrons. The molecular weight excluding hydrogens is 396 g/mol. The van der Waals surface area contributed by atoms with Crippen LogP contribution in [0.1, 0.15) is 23.0 Å². The van der Waals surface area contributed by atoms with Crippen LogP contribution in [-0.2, 0) is 4.79 Å². The second-order valence-corrected chi connectivity index (χ2v) is 6.49. The number of carbonyl (C=O) groups is 2. The van der Waals surface area contributed by atoms with Crippen molar-refractivity contribution in [1.29, 1.82) is 0 Å². The van der Waals surface area contributed by atoms with Crippen LogP contribution in [0.5, 0.6) is 0 Å². The number of non-ortho nitro benzene ring substituents is 1. The van der Waals surface area contributed by atoms with E-state index in [1.807, 2.05) is 0 Å². The number of nitro benzene ring substituents is 1. The van der Waals surface area contributed by atoms with Gasteiger partial charge in [0.1, 0.15) is 11.5 Å². The number of hydrogen-bond donors (Lipinski definition) is 1. The lowest BCUT2D eigenvalue weighted by atomic mass is 10.1. The summed E-state index contributed by atoms with van der Waals surface area (Å²) >= 11 is 6.11. The van der Waals surface area contributed by atoms with Crippen LogP contribution in [0, 0.1) is 10.1 Å². The van der Waals surface area contributed by atoms with Gasteiger partial charge in [-0.3, -0.25) is 19.7 Å². The van der Waals surface area contributed by atoms with Gasteiger partial charge in [-0.15, -0.1) is 0 Å². The van der Waals surface area contributed by atoms with E-state index in [9.17, 15) is 19.7 Å². The fourth-order valence-corrected chi connectivity index (χ4v) is 2.85. The third-order valence-electron chi connectivity index (χ3n) is 3.94. The summed E-state index contributed by atoms with van der Waals surface area (Å²) in [5.74, 6) is 0.436. The maximum atomic E-state index is 12.3. The molecule has 1 amide bonds. The van der Waals surface area contributed by atoms with Gasteiger partial charge in [-0.05, 0) is 54.6 Å². The smallest absolute Gasteiger partial charge is 0.270 e. The lowest BCUT2D eigenvalue weighted by Gasteiger charge is -2.02. The van der Waals surface area contributed by atoms with Gasteiger partial charge in [0.05, 0.1) is 9.95 Å². The predicted octanol–water partition coefficient (Wildman–Crippen LogP) is 5.36. The van der Waals surface area contributed by atoms with Crippen molar-refractivity contribution in [3.05, 3.63) is 87.1 Å². The maximum absolute atomic E-state index is 12.3. The summed E-state index contributed by atoms with van der Waals surface area (Å²) in [4.78, 5) is 33.6. The highest BCUT2D eigenvalue weighted by atomic mass is 35.5. The normalized spacial score (nSPS) is 10.8. The highest BCUT2D eigenvalue weighted by molar-refractivity contribution is 6.33. The number of nitrogens with zero attached hydrogens (tertiary/aromatic N) is 1. The van der Waals surface area contributed by atoms with Gasteiger partial charge in [0.15, 0.2) is 5.78 Å². The Morgan fingerprint density at radius 2 is 1.83 bits per heavy atom. The van der Waals surface area contributed by atoms with Crippen molar-refractivity contribution in [2.75, 3.05) is 5.32 Å². The van der Waals surface area contributed by atoms with Crippen LogP contribution in [0.3, 0.4) is 0 Å². The first-order valence-electron chi connectivity index (χ1n) is 8.48. The summed E-state index contributed by atoms with van der Waals surface area (Å²) < 4.78 is 5.66. The van der Waals surface area contributed by atoms with Gasteiger partial charge in [0.2, 0.25) is 5.91 Å². The number of hydrogen-bond acceptors (Lipinski definition) is 5. The third kappa shape index (κ3) is 4.97. The van der Waals surface area contributed by atoms with E-state index in [-0.39, 0.29) is 22.4 Å². The molecule has 0 saturated carbocycles. The molecule has 0 spiro atoms. The Bertz CT molecular complexity index is 1120. The molecule has 1 N–H and O–H groups in total. The molecule has 3 aromatic rings. The number of anilines is 1. The van der Waals surface area contributed by atoms with Crippen LogP contribution >= 0.6 is 11.6 Å². The van der Waals surface area contributed by atoms with Crippen LogP contribution < -0.4 is 5.32 Å². The molecule has 2 aromatic carbocycles. The van der Waals surface area contributed by atoms with Gasteiger partial charge in [0.25, 0.3) is 5.69 Å². The van der Waals surface area contributed by atoms with Crippen molar-refractivity contribution in [3.8, 4) is 11.3 Å². The van der Waals surface area contributed by atoms with E-state index in [0.29, 0.717) is 28.3 Å². The number of furan rings is 1. The molecule has 0 unspecified atom stereocenters. The van der Waals surface area contributed by atoms with E-state index in [1.165, 1.54) is 37.3 Å². The number of benzene rings is 2. The Balaban J connectivity index is 1.72. The average molecular weight is 411 g/mol. The number of ketones is 1. The second kappa shape index (κ2) is 8.53. The Morgan fingerprint density at radius 1 is 1.10 bits per heavy atom. The zero-order chi connectivity index (χ0) is 21.0. The van der Waals surface area contributed by atoms with Crippen LogP contribution in [-0.4, -0.2) is 16.6 Å². The summed E-state index contributed by atoms with van der Waals surface area (Å²) in [6.45, 7) is 1.41. The van der Waals surface area contributed by atoms with Crippen LogP contribution in [0.4, 0.5) is 11.4 Å². The molecule has 8 heteroatoms. The molecule has 0 bridgehead atoms. The maximum Gasteiger partial charge on any atom is 0.270 e. The van der Waals surface area contributed by atoms with Crippen LogP contribution in [0.15, 0.2) is 65.1 Å². The topological polar surface area (TPSA) is 102 Å². The molecule has 7 nitrogen and oxygen atoms in total. The first-order valence-corrected chi connectivity index (χ1v) is 8.85. The quantitative estimate of drug-likeness (QED) is 0.255. The molecule has 1 aromatic heterocycles. The molecule has 3 rings (SSSR count). The first kappa shape index (κ1) is 20.0. The second-order valence-electron chi connectivity index (χ2n) is 6.08. The van der Waals surface area contributed by atoms with Crippen molar-refractivity contribution in [3.63, 3.8) is 0 Å². The Hall–Kier alpha value is -3.71. The van der Waals surface area contributed by atoms with Gasteiger partial charge in [0, 0.05) is 35.9 Å². The van der Waals surface area contributed by atoms with Gasteiger partial charge >= 0.3 is 0 Å². The number of nitrogens with one attached hydrogen (secondary N) is 1. The average Bonchev–Trinajstić information content (AvgIpc) is 3.14. The fraction of sp³-hybridized carbons (Fsp3) is 0.0476. The number of amides is 1. The minimum absolute atomic E-state index is 0.111. The minimum Gasteiger partial charge on any atom is -0.457 e. The lowest BCUT2D eigenvalue weighted by molar-refractivity contribution is -0.384. The Kier molecular flexibility index (Phi) is 5.90. The van der Waals surface area contributed by atoms with Crippen LogP contribution in [0.25, 0.3) is 17.4 Å². The van der Waals surface area contributed by atoms with E-state index >= 15 is 0 Å². The van der Waals surface area contributed by atoms with Crippen molar-refractivity contribution < 1.29 is 18.9 Å². The number of carbonyl (C=O) groups excluding carboxylic acids is 2. The Labute approximate surface area is 170 Å². The fourth-order valence-electron chi connectivity index (χ4n) is 2.58. The summed E-state index contributed by atoms with van der Waals surface area (Å²) in [5, 5.41) is 13.6. The molecule has 29 heavy (non-hydrogen) atoms. The molecule has 0 atom stereocenters. The zero-order valence-electron chi connectivity index (χ0n) is 15.2. The van der Waals surface area contributed by atoms with Gasteiger partial charge < -0.3 is 9.73 Å². The van der Waals surface area contributed by atoms with Crippen molar-refractivity contribution >= 4 is 40.7 Å². The molecule has 0 aliphatic heterocycles. The van der Waals surface area contributed by atoms with E-state index < -0.39 is 4.92 Å². The highest BCUT2D eigenvalue weighted by Crippen LogP contribution is 2.32. The van der Waals surface area contributed by atoms with E-state index in [4.69, 9.17) is 16.0 Å². The SMILES string of the molecule is CC(=O)Nc1ccc(C(=O)C=Cc2ccc(-c3ccc([N+](=O)[O-])cc3Cl)o2)cc1. The lowest BCUT2D eigenvalue weighted by Crippen LogP contribution is -2.05. The number of nitro groups is 1. The first-order chi connectivity index (χ1) is 13.8. The van der Waals surface area contributed by atoms with Gasteiger partial charge in [-0.2, -0.15) is 0 Å². The number of rotatable bonds is 6. The largest absolute Gasteiger partial charge is 0.457 e. The molecule has 1 heterocycles. The monoisotopic (exact) mass is 410 g/mol. The summed E-state index contributed by atoms with van der Waals surface area (Å²) in [5.41, 5.74) is 1.46. The molecule has 0 radical (unpaired) electrons. The van der Waals surface area contributed by atoms with Crippen molar-refractivity contribution in [1.82, 2.24) is 0 Å². The van der Waals surface area contributed by atoms with E-state index in [0.717, 1.165) is 0 Å². The molecule has 0 saturated heterocycles. The number of allylic oxidation sites excluding steroid dienone is 1. The standard InChI is InChI=1S/C21H15ClN2O5/c1-13(25)23-15-4-2-14(3-5-15)20(26)10-7-17-8-11-21(29-17)18-9-6-16(24(27)28)12-19(18)22/h2-12H,1H3,(H,23,25). The zero-order valence-corrected chi connectivity index (χ0v) is 16.0. The van der Waals surface area contributed by atoms with Crippen LogP contribution in [0.2, 0.25) is 5.02 Å². The molecule has 0 fully saturated rings. The van der Waals surface area contributed by atoms with Gasteiger partial charge in [-0.25, -0.2) is 0 Å². The third-order valence-corrected chi connectivity index (χ3v) is 4.26.